The molecule has 0 aromatic carbocycles. The zero-order chi connectivity index (χ0) is 9.07. The van der Waals surface area contributed by atoms with Gasteiger partial charge in [0.1, 0.15) is 0 Å². The van der Waals surface area contributed by atoms with E-state index < -0.39 is 0 Å². The zero-order valence-corrected chi connectivity index (χ0v) is 6.83. The second-order valence-electron chi connectivity index (χ2n) is 2.54. The van der Waals surface area contributed by atoms with Crippen LogP contribution in [0, 0.1) is 0 Å². The van der Waals surface area contributed by atoms with Gasteiger partial charge in [-0.15, -0.1) is 0 Å². The third kappa shape index (κ3) is 1.85. The number of quaternary nitrogens is 1. The van der Waals surface area contributed by atoms with Gasteiger partial charge in [0.05, 0.1) is 14.1 Å². The summed E-state index contributed by atoms with van der Waals surface area (Å²) in [5.41, 5.74) is 0. The standard InChI is InChI=1S/C8H12NO2/c1-5-7(10)9(3,4)8(11)6-2/h5-6H,1-2H2,3-4H3/q+1. The van der Waals surface area contributed by atoms with E-state index in [2.05, 4.69) is 13.2 Å². The molecule has 0 aromatic heterocycles. The van der Waals surface area contributed by atoms with Gasteiger partial charge in [-0.3, -0.25) is 0 Å². The van der Waals surface area contributed by atoms with Crippen LogP contribution in [0.2, 0.25) is 0 Å². The topological polar surface area (TPSA) is 34.1 Å². The maximum absolute atomic E-state index is 11.0. The monoisotopic (exact) mass is 154 g/mol. The summed E-state index contributed by atoms with van der Waals surface area (Å²) in [7, 11) is 2.99. The number of imide groups is 1. The lowest BCUT2D eigenvalue weighted by Gasteiger charge is -2.19. The van der Waals surface area contributed by atoms with E-state index in [0.29, 0.717) is 0 Å². The highest BCUT2D eigenvalue weighted by Crippen LogP contribution is 2.00. The highest BCUT2D eigenvalue weighted by atomic mass is 16.2. The zero-order valence-electron chi connectivity index (χ0n) is 6.83. The van der Waals surface area contributed by atoms with E-state index in [0.717, 1.165) is 12.2 Å². The van der Waals surface area contributed by atoms with Gasteiger partial charge in [0, 0.05) is 12.2 Å². The average molecular weight is 154 g/mol. The van der Waals surface area contributed by atoms with Gasteiger partial charge in [-0.05, 0) is 0 Å². The van der Waals surface area contributed by atoms with Crippen LogP contribution in [0.1, 0.15) is 0 Å². The number of hydrogen-bond acceptors (Lipinski definition) is 2. The molecule has 0 saturated heterocycles. The molecule has 0 aliphatic carbocycles. The van der Waals surface area contributed by atoms with Crippen molar-refractivity contribution in [3.05, 3.63) is 25.3 Å². The van der Waals surface area contributed by atoms with Crippen LogP contribution in [-0.4, -0.2) is 30.4 Å². The van der Waals surface area contributed by atoms with Crippen molar-refractivity contribution in [3.63, 3.8) is 0 Å². The van der Waals surface area contributed by atoms with Crippen LogP contribution in [0.5, 0.6) is 0 Å². The normalized spacial score (nSPS) is 10.4. The maximum atomic E-state index is 11.0. The van der Waals surface area contributed by atoms with E-state index in [9.17, 15) is 9.59 Å². The number of rotatable bonds is 2. The Labute approximate surface area is 66.2 Å². The summed E-state index contributed by atoms with van der Waals surface area (Å²) in [6.45, 7) is 6.58. The second-order valence-corrected chi connectivity index (χ2v) is 2.54. The van der Waals surface area contributed by atoms with E-state index >= 15 is 0 Å². The first-order chi connectivity index (χ1) is 4.96. The molecule has 0 atom stereocenters. The molecule has 0 heterocycles. The third-order valence-electron chi connectivity index (χ3n) is 1.45. The molecule has 0 N–H and O–H groups in total. The van der Waals surface area contributed by atoms with Gasteiger partial charge in [-0.1, -0.05) is 13.2 Å². The first-order valence-corrected chi connectivity index (χ1v) is 3.14. The first-order valence-electron chi connectivity index (χ1n) is 3.14. The predicted octanol–water partition coefficient (Wildman–Crippen LogP) is 0.488. The first kappa shape index (κ1) is 9.78. The van der Waals surface area contributed by atoms with E-state index in [-0.39, 0.29) is 16.3 Å². The number of carbonyl (C=O) groups excluding carboxylic acids is 2. The lowest BCUT2D eigenvalue weighted by atomic mass is 10.4. The van der Waals surface area contributed by atoms with Crippen LogP contribution in [-0.2, 0) is 9.59 Å². The van der Waals surface area contributed by atoms with Crippen molar-refractivity contribution in [1.29, 1.82) is 0 Å². The van der Waals surface area contributed by atoms with Gasteiger partial charge in [0.15, 0.2) is 0 Å². The Balaban J connectivity index is 4.70. The van der Waals surface area contributed by atoms with Crippen LogP contribution in [0.3, 0.4) is 0 Å². The summed E-state index contributed by atoms with van der Waals surface area (Å²) in [6, 6.07) is 0. The minimum absolute atomic E-state index is 0.338. The van der Waals surface area contributed by atoms with Gasteiger partial charge < -0.3 is 0 Å². The van der Waals surface area contributed by atoms with Crippen molar-refractivity contribution in [2.24, 2.45) is 0 Å². The summed E-state index contributed by atoms with van der Waals surface area (Å²) in [6.07, 6.45) is 2.25. The summed E-state index contributed by atoms with van der Waals surface area (Å²) in [4.78, 5) is 22.0. The Morgan fingerprint density at radius 2 is 1.36 bits per heavy atom. The number of carbonyl (C=O) groups is 2. The Morgan fingerprint density at radius 1 is 1.09 bits per heavy atom. The van der Waals surface area contributed by atoms with Gasteiger partial charge in [-0.2, -0.15) is 4.48 Å². The molecule has 0 aliphatic rings. The molecule has 0 fully saturated rings. The molecule has 0 aliphatic heterocycles. The molecule has 3 nitrogen and oxygen atoms in total. The van der Waals surface area contributed by atoms with Crippen molar-refractivity contribution in [1.82, 2.24) is 0 Å². The van der Waals surface area contributed by atoms with Crippen molar-refractivity contribution < 1.29 is 14.1 Å². The van der Waals surface area contributed by atoms with Crippen LogP contribution in [0.25, 0.3) is 0 Å². The average Bonchev–Trinajstić information content (AvgIpc) is 2.01. The Hall–Kier alpha value is -1.22. The van der Waals surface area contributed by atoms with E-state index in [4.69, 9.17) is 0 Å². The number of nitrogens with zero attached hydrogens (tertiary/aromatic N) is 1. The highest BCUT2D eigenvalue weighted by molar-refractivity contribution is 5.94. The van der Waals surface area contributed by atoms with Gasteiger partial charge in [0.2, 0.25) is 0 Å². The number of hydrogen-bond donors (Lipinski definition) is 0. The van der Waals surface area contributed by atoms with Gasteiger partial charge in [-0.25, -0.2) is 9.59 Å². The minimum atomic E-state index is -0.354. The molecule has 60 valence electrons. The van der Waals surface area contributed by atoms with Crippen molar-refractivity contribution in [2.75, 3.05) is 14.1 Å². The van der Waals surface area contributed by atoms with Crippen LogP contribution >= 0.6 is 0 Å². The predicted molar refractivity (Wildman–Crippen MR) is 42.5 cm³/mol. The molecule has 3 heteroatoms. The molecule has 2 amide bonds. The summed E-state index contributed by atoms with van der Waals surface area (Å²) in [5, 5.41) is 0. The smallest absolute Gasteiger partial charge is 0.226 e. The molecule has 0 bridgehead atoms. The fourth-order valence-electron chi connectivity index (χ4n) is 0.565. The number of amides is 2. The molecule has 0 spiro atoms. The quantitative estimate of drug-likeness (QED) is 0.428. The van der Waals surface area contributed by atoms with Crippen molar-refractivity contribution in [2.45, 2.75) is 0 Å². The van der Waals surface area contributed by atoms with E-state index in [1.165, 1.54) is 14.1 Å². The van der Waals surface area contributed by atoms with Gasteiger partial charge >= 0.3 is 11.8 Å². The van der Waals surface area contributed by atoms with Crippen LogP contribution < -0.4 is 0 Å². The minimum Gasteiger partial charge on any atom is -0.226 e. The van der Waals surface area contributed by atoms with Gasteiger partial charge in [0.25, 0.3) is 0 Å². The van der Waals surface area contributed by atoms with Crippen molar-refractivity contribution in [3.8, 4) is 0 Å². The third-order valence-corrected chi connectivity index (χ3v) is 1.45. The second kappa shape index (κ2) is 3.25. The highest BCUT2D eigenvalue weighted by Gasteiger charge is 2.30. The largest absolute Gasteiger partial charge is 0.345 e. The molecule has 0 unspecified atom stereocenters. The fourth-order valence-corrected chi connectivity index (χ4v) is 0.565. The van der Waals surface area contributed by atoms with Crippen LogP contribution in [0.15, 0.2) is 25.3 Å². The number of likely N-dealkylation sites (N-methyl/N-ethyl adjacent to an activating group) is 1. The van der Waals surface area contributed by atoms with Crippen molar-refractivity contribution >= 4 is 11.8 Å². The molecular formula is C8H12NO2+. The Kier molecular flexibility index (Phi) is 2.89. The summed E-state index contributed by atoms with van der Waals surface area (Å²) in [5.74, 6) is -0.676. The van der Waals surface area contributed by atoms with E-state index in [1.54, 1.807) is 0 Å². The van der Waals surface area contributed by atoms with E-state index in [1.807, 2.05) is 0 Å². The maximum Gasteiger partial charge on any atom is 0.345 e. The Morgan fingerprint density at radius 3 is 1.55 bits per heavy atom. The summed E-state index contributed by atoms with van der Waals surface area (Å²) < 4.78 is -0.354. The Bertz CT molecular complexity index is 194. The summed E-state index contributed by atoms with van der Waals surface area (Å²) >= 11 is 0. The molecule has 11 heavy (non-hydrogen) atoms. The molecule has 0 rings (SSSR count). The molecular weight excluding hydrogens is 142 g/mol. The molecule has 0 radical (unpaired) electrons. The molecule has 0 aromatic rings. The molecule has 0 saturated carbocycles. The fraction of sp³-hybridized carbons (Fsp3) is 0.250. The van der Waals surface area contributed by atoms with Crippen LogP contribution in [0.4, 0.5) is 0 Å². The lowest BCUT2D eigenvalue weighted by molar-refractivity contribution is -0.729. The lowest BCUT2D eigenvalue weighted by Crippen LogP contribution is -2.48. The SMILES string of the molecule is C=CC(=O)[N+](C)(C)C(=O)C=C.